The van der Waals surface area contributed by atoms with Crippen molar-refractivity contribution in [2.24, 2.45) is 0 Å². The van der Waals surface area contributed by atoms with E-state index >= 15 is 0 Å². The lowest BCUT2D eigenvalue weighted by Gasteiger charge is -2.06. The molecule has 0 bridgehead atoms. The Morgan fingerprint density at radius 2 is 2.25 bits per heavy atom. The quantitative estimate of drug-likeness (QED) is 0.795. The van der Waals surface area contributed by atoms with Gasteiger partial charge in [0.2, 0.25) is 0 Å². The number of aromatic nitrogens is 1. The number of rotatable bonds is 4. The SMILES string of the molecule is COC(=O)CCCn1ccc(C)c(Br)c1=O. The minimum atomic E-state index is -0.251. The summed E-state index contributed by atoms with van der Waals surface area (Å²) in [5, 5.41) is 0. The highest BCUT2D eigenvalue weighted by Crippen LogP contribution is 2.09. The summed E-state index contributed by atoms with van der Waals surface area (Å²) in [6.07, 6.45) is 2.66. The highest BCUT2D eigenvalue weighted by molar-refractivity contribution is 9.10. The molecule has 1 aromatic rings. The Morgan fingerprint density at radius 1 is 1.56 bits per heavy atom. The Labute approximate surface area is 102 Å². The third-order valence-corrected chi connectivity index (χ3v) is 3.27. The molecule has 4 nitrogen and oxygen atoms in total. The lowest BCUT2D eigenvalue weighted by Crippen LogP contribution is -2.21. The molecule has 0 saturated heterocycles. The molecule has 0 aromatic carbocycles. The summed E-state index contributed by atoms with van der Waals surface area (Å²) < 4.78 is 6.69. The van der Waals surface area contributed by atoms with Gasteiger partial charge in [0.15, 0.2) is 0 Å². The van der Waals surface area contributed by atoms with Crippen molar-refractivity contribution in [3.05, 3.63) is 32.7 Å². The Bertz CT molecular complexity index is 439. The molecule has 1 rings (SSSR count). The lowest BCUT2D eigenvalue weighted by atomic mass is 10.3. The van der Waals surface area contributed by atoms with Crippen LogP contribution in [-0.4, -0.2) is 17.6 Å². The van der Waals surface area contributed by atoms with Crippen LogP contribution in [0, 0.1) is 6.92 Å². The van der Waals surface area contributed by atoms with Crippen molar-refractivity contribution in [2.75, 3.05) is 7.11 Å². The highest BCUT2D eigenvalue weighted by Gasteiger charge is 2.05. The van der Waals surface area contributed by atoms with Crippen molar-refractivity contribution in [3.8, 4) is 0 Å². The van der Waals surface area contributed by atoms with Gasteiger partial charge in [-0.25, -0.2) is 0 Å². The van der Waals surface area contributed by atoms with Crippen molar-refractivity contribution >= 4 is 21.9 Å². The van der Waals surface area contributed by atoms with Gasteiger partial charge in [-0.3, -0.25) is 9.59 Å². The molecule has 0 aliphatic carbocycles. The normalized spacial score (nSPS) is 10.2. The highest BCUT2D eigenvalue weighted by atomic mass is 79.9. The first kappa shape index (κ1) is 13.0. The zero-order valence-corrected chi connectivity index (χ0v) is 10.9. The molecular weight excluding hydrogens is 274 g/mol. The minimum absolute atomic E-state index is 0.0649. The van der Waals surface area contributed by atoms with Crippen molar-refractivity contribution in [2.45, 2.75) is 26.3 Å². The summed E-state index contributed by atoms with van der Waals surface area (Å²) in [5.41, 5.74) is 0.846. The zero-order valence-electron chi connectivity index (χ0n) is 9.33. The summed E-state index contributed by atoms with van der Waals surface area (Å²) in [6, 6.07) is 1.86. The second-order valence-electron chi connectivity index (χ2n) is 3.49. The molecule has 0 aliphatic heterocycles. The maximum absolute atomic E-state index is 11.7. The van der Waals surface area contributed by atoms with E-state index in [0.29, 0.717) is 23.9 Å². The summed E-state index contributed by atoms with van der Waals surface area (Å²) in [4.78, 5) is 22.6. The molecular formula is C11H14BrNO3. The van der Waals surface area contributed by atoms with Gasteiger partial charge in [0, 0.05) is 19.2 Å². The molecule has 0 spiro atoms. The number of hydrogen-bond donors (Lipinski definition) is 0. The molecule has 0 radical (unpaired) electrons. The van der Waals surface area contributed by atoms with Gasteiger partial charge < -0.3 is 9.30 Å². The summed E-state index contributed by atoms with van der Waals surface area (Å²) >= 11 is 3.24. The molecule has 1 heterocycles. The molecule has 0 aliphatic rings. The smallest absolute Gasteiger partial charge is 0.305 e. The summed E-state index contributed by atoms with van der Waals surface area (Å²) in [6.45, 7) is 2.39. The number of nitrogens with zero attached hydrogens (tertiary/aromatic N) is 1. The molecule has 0 atom stereocenters. The van der Waals surface area contributed by atoms with Crippen LogP contribution in [0.2, 0.25) is 0 Å². The maximum atomic E-state index is 11.7. The Hall–Kier alpha value is -1.10. The van der Waals surface area contributed by atoms with Gasteiger partial charge in [-0.1, -0.05) is 0 Å². The van der Waals surface area contributed by atoms with E-state index < -0.39 is 0 Å². The van der Waals surface area contributed by atoms with Gasteiger partial charge >= 0.3 is 5.97 Å². The molecule has 0 N–H and O–H groups in total. The lowest BCUT2D eigenvalue weighted by molar-refractivity contribution is -0.140. The number of methoxy groups -OCH3 is 1. The Kier molecular flexibility index (Phi) is 4.73. The van der Waals surface area contributed by atoms with Gasteiger partial charge in [0.1, 0.15) is 0 Å². The third kappa shape index (κ3) is 3.20. The number of esters is 1. The van der Waals surface area contributed by atoms with Crippen molar-refractivity contribution < 1.29 is 9.53 Å². The predicted octanol–water partition coefficient (Wildman–Crippen LogP) is 1.87. The van der Waals surface area contributed by atoms with Crippen LogP contribution in [0.15, 0.2) is 21.5 Å². The van der Waals surface area contributed by atoms with E-state index in [-0.39, 0.29) is 11.5 Å². The number of carbonyl (C=O) groups excluding carboxylic acids is 1. The molecule has 0 unspecified atom stereocenters. The number of ether oxygens (including phenoxy) is 1. The number of pyridine rings is 1. The molecule has 88 valence electrons. The Balaban J connectivity index is 2.65. The third-order valence-electron chi connectivity index (χ3n) is 2.31. The van der Waals surface area contributed by atoms with Crippen LogP contribution in [0.5, 0.6) is 0 Å². The molecule has 5 heteroatoms. The topological polar surface area (TPSA) is 48.3 Å². The number of aryl methyl sites for hydroxylation is 2. The average Bonchev–Trinajstić information content (AvgIpc) is 2.29. The zero-order chi connectivity index (χ0) is 12.1. The number of hydrogen-bond acceptors (Lipinski definition) is 3. The first-order valence-electron chi connectivity index (χ1n) is 4.98. The molecule has 0 saturated carbocycles. The van der Waals surface area contributed by atoms with Crippen LogP contribution in [0.25, 0.3) is 0 Å². The fourth-order valence-electron chi connectivity index (χ4n) is 1.31. The van der Waals surface area contributed by atoms with Gasteiger partial charge in [-0.2, -0.15) is 0 Å². The first-order chi connectivity index (χ1) is 7.56. The number of halogens is 1. The first-order valence-corrected chi connectivity index (χ1v) is 5.78. The van der Waals surface area contributed by atoms with Crippen LogP contribution >= 0.6 is 15.9 Å². The van der Waals surface area contributed by atoms with Crippen LogP contribution in [0.3, 0.4) is 0 Å². The maximum Gasteiger partial charge on any atom is 0.305 e. The standard InChI is InChI=1S/C11H14BrNO3/c1-8-5-7-13(11(15)10(8)12)6-3-4-9(14)16-2/h5,7H,3-4,6H2,1-2H3. The second kappa shape index (κ2) is 5.84. The van der Waals surface area contributed by atoms with Crippen molar-refractivity contribution in [1.82, 2.24) is 4.57 Å². The van der Waals surface area contributed by atoms with Crippen LogP contribution in [-0.2, 0) is 16.1 Å². The average molecular weight is 288 g/mol. The van der Waals surface area contributed by atoms with Gasteiger partial charge in [-0.05, 0) is 40.9 Å². The van der Waals surface area contributed by atoms with Crippen LogP contribution < -0.4 is 5.56 Å². The number of carbonyl (C=O) groups is 1. The minimum Gasteiger partial charge on any atom is -0.469 e. The van der Waals surface area contributed by atoms with Gasteiger partial charge in [-0.15, -0.1) is 0 Å². The van der Waals surface area contributed by atoms with E-state index in [4.69, 9.17) is 0 Å². The van der Waals surface area contributed by atoms with Gasteiger partial charge in [0.05, 0.1) is 11.6 Å². The van der Waals surface area contributed by atoms with Crippen LogP contribution in [0.4, 0.5) is 0 Å². The monoisotopic (exact) mass is 287 g/mol. The fraction of sp³-hybridized carbons (Fsp3) is 0.455. The summed E-state index contributed by atoms with van der Waals surface area (Å²) in [5.74, 6) is -0.251. The summed E-state index contributed by atoms with van der Waals surface area (Å²) in [7, 11) is 1.36. The second-order valence-corrected chi connectivity index (χ2v) is 4.28. The van der Waals surface area contributed by atoms with E-state index in [2.05, 4.69) is 20.7 Å². The van der Waals surface area contributed by atoms with E-state index in [1.165, 1.54) is 7.11 Å². The molecule has 1 aromatic heterocycles. The van der Waals surface area contributed by atoms with E-state index in [9.17, 15) is 9.59 Å². The molecule has 16 heavy (non-hydrogen) atoms. The Morgan fingerprint density at radius 3 is 2.88 bits per heavy atom. The molecule has 0 fully saturated rings. The van der Waals surface area contributed by atoms with Gasteiger partial charge in [0.25, 0.3) is 5.56 Å². The van der Waals surface area contributed by atoms with Crippen molar-refractivity contribution in [1.29, 1.82) is 0 Å². The van der Waals surface area contributed by atoms with E-state index in [0.717, 1.165) is 5.56 Å². The van der Waals surface area contributed by atoms with E-state index in [1.807, 2.05) is 13.0 Å². The predicted molar refractivity (Wildman–Crippen MR) is 64.4 cm³/mol. The van der Waals surface area contributed by atoms with Crippen LogP contribution in [0.1, 0.15) is 18.4 Å². The largest absolute Gasteiger partial charge is 0.469 e. The fourth-order valence-corrected chi connectivity index (χ4v) is 1.67. The van der Waals surface area contributed by atoms with E-state index in [1.54, 1.807) is 10.8 Å². The molecule has 0 amide bonds. The van der Waals surface area contributed by atoms with Crippen molar-refractivity contribution in [3.63, 3.8) is 0 Å².